The molecule has 0 N–H and O–H groups in total. The van der Waals surface area contributed by atoms with E-state index >= 15 is 0 Å². The summed E-state index contributed by atoms with van der Waals surface area (Å²) in [6, 6.07) is 0. The van der Waals surface area contributed by atoms with Gasteiger partial charge >= 0.3 is 0 Å². The molecule has 0 bridgehead atoms. The first-order valence-corrected chi connectivity index (χ1v) is 13.8. The van der Waals surface area contributed by atoms with Gasteiger partial charge in [0.1, 0.15) is 0 Å². The minimum absolute atomic E-state index is 0.191. The largest absolute Gasteiger partial charge is 0.381 e. The molecule has 0 saturated heterocycles. The number of methoxy groups -OCH3 is 1. The Kier molecular flexibility index (Phi) is 6.53. The highest BCUT2D eigenvalue weighted by atomic mass is 16.5. The van der Waals surface area contributed by atoms with Crippen LogP contribution in [0.15, 0.2) is 11.6 Å². The van der Waals surface area contributed by atoms with E-state index in [1.165, 1.54) is 64.2 Å². The average Bonchev–Trinajstić information content (AvgIpc) is 3.04. The smallest absolute Gasteiger partial charge is 0.0659 e. The van der Waals surface area contributed by atoms with Crippen molar-refractivity contribution < 1.29 is 4.74 Å². The van der Waals surface area contributed by atoms with Crippen molar-refractivity contribution in [2.24, 2.45) is 51.8 Å². The second-order valence-electron chi connectivity index (χ2n) is 13.7. The summed E-state index contributed by atoms with van der Waals surface area (Å²) in [6.45, 7) is 17.6. The Bertz CT molecular complexity index is 674. The van der Waals surface area contributed by atoms with E-state index in [2.05, 4.69) is 54.5 Å². The van der Waals surface area contributed by atoms with Gasteiger partial charge in [-0.2, -0.15) is 0 Å². The Labute approximate surface area is 194 Å². The summed E-state index contributed by atoms with van der Waals surface area (Å²) in [4.78, 5) is 0. The molecular formula is C30H52O. The lowest BCUT2D eigenvalue weighted by molar-refractivity contribution is -0.0860. The van der Waals surface area contributed by atoms with E-state index in [1.54, 1.807) is 5.57 Å². The summed E-state index contributed by atoms with van der Waals surface area (Å²) < 4.78 is 5.97. The van der Waals surface area contributed by atoms with E-state index in [4.69, 9.17) is 4.74 Å². The number of fused-ring (bicyclic) bond motifs is 5. The van der Waals surface area contributed by atoms with Crippen LogP contribution in [0.3, 0.4) is 0 Å². The van der Waals surface area contributed by atoms with Crippen LogP contribution in [0.2, 0.25) is 0 Å². The Balaban J connectivity index is 1.54. The Morgan fingerprint density at radius 3 is 2.35 bits per heavy atom. The van der Waals surface area contributed by atoms with Gasteiger partial charge in [0.2, 0.25) is 0 Å². The third-order valence-corrected chi connectivity index (χ3v) is 11.4. The molecule has 0 spiro atoms. The Morgan fingerprint density at radius 1 is 0.935 bits per heavy atom. The molecule has 0 heterocycles. The molecule has 0 aromatic rings. The van der Waals surface area contributed by atoms with Crippen LogP contribution in [0.25, 0.3) is 0 Å². The fourth-order valence-electron chi connectivity index (χ4n) is 9.82. The molecule has 0 aromatic carbocycles. The fourth-order valence-corrected chi connectivity index (χ4v) is 9.82. The average molecular weight is 429 g/mol. The quantitative estimate of drug-likeness (QED) is 0.384. The topological polar surface area (TPSA) is 9.23 Å². The van der Waals surface area contributed by atoms with Gasteiger partial charge in [-0.3, -0.25) is 0 Å². The van der Waals surface area contributed by atoms with Gasteiger partial charge in [0.25, 0.3) is 0 Å². The number of allylic oxidation sites excluding steroid dienone is 1. The van der Waals surface area contributed by atoms with Crippen molar-refractivity contribution in [3.8, 4) is 0 Å². The molecule has 8 atom stereocenters. The Hall–Kier alpha value is -0.300. The second-order valence-corrected chi connectivity index (χ2v) is 13.7. The summed E-state index contributed by atoms with van der Waals surface area (Å²) in [5, 5.41) is 0. The van der Waals surface area contributed by atoms with Crippen molar-refractivity contribution >= 4 is 0 Å². The zero-order chi connectivity index (χ0) is 22.6. The molecule has 0 amide bonds. The maximum atomic E-state index is 5.97. The molecule has 31 heavy (non-hydrogen) atoms. The molecule has 0 aliphatic heterocycles. The summed E-state index contributed by atoms with van der Waals surface area (Å²) >= 11 is 0. The number of hydrogen-bond acceptors (Lipinski definition) is 1. The summed E-state index contributed by atoms with van der Waals surface area (Å²) in [5.41, 5.74) is 2.94. The molecule has 4 aliphatic carbocycles. The van der Waals surface area contributed by atoms with Crippen LogP contribution in [-0.4, -0.2) is 13.2 Å². The zero-order valence-electron chi connectivity index (χ0n) is 22.1. The predicted molar refractivity (Wildman–Crippen MR) is 133 cm³/mol. The standard InChI is InChI=1S/C30H52O/c1-20(2)10-9-11-21(3)23-13-14-24-22-12-15-26-28(4,5)27(31-8)17-19-30(26,7)25(22)16-18-29(23,24)6/h15,20-25,27H,9-14,16-19H2,1-8H3/t21-,22+,23-,24+,25+,27+,29-,30-/m1/s1. The second kappa shape index (κ2) is 8.48. The third-order valence-electron chi connectivity index (χ3n) is 11.4. The maximum absolute atomic E-state index is 5.97. The molecule has 4 aliphatic rings. The normalized spacial score (nSPS) is 44.9. The molecule has 178 valence electrons. The van der Waals surface area contributed by atoms with Crippen molar-refractivity contribution in [3.05, 3.63) is 11.6 Å². The highest BCUT2D eigenvalue weighted by Gasteiger charge is 2.61. The Morgan fingerprint density at radius 2 is 1.68 bits per heavy atom. The van der Waals surface area contributed by atoms with Crippen molar-refractivity contribution in [3.63, 3.8) is 0 Å². The lowest BCUT2D eigenvalue weighted by atomic mass is 9.44. The van der Waals surface area contributed by atoms with Crippen LogP contribution in [-0.2, 0) is 4.74 Å². The minimum Gasteiger partial charge on any atom is -0.381 e. The number of ether oxygens (including phenoxy) is 1. The molecule has 1 heteroatoms. The maximum Gasteiger partial charge on any atom is 0.0659 e. The van der Waals surface area contributed by atoms with Crippen LogP contribution >= 0.6 is 0 Å². The van der Waals surface area contributed by atoms with Gasteiger partial charge in [0.15, 0.2) is 0 Å². The van der Waals surface area contributed by atoms with E-state index in [9.17, 15) is 0 Å². The van der Waals surface area contributed by atoms with E-state index < -0.39 is 0 Å². The molecule has 4 rings (SSSR count). The SMILES string of the molecule is CO[C@H]1CC[C@@]2(C)C(=CC[C@H]3[C@@H]4CC[C@H]([C@H](C)CCCC(C)C)[C@@]4(C)CC[C@@H]32)C1(C)C. The highest BCUT2D eigenvalue weighted by molar-refractivity contribution is 5.31. The molecule has 0 radical (unpaired) electrons. The van der Waals surface area contributed by atoms with Gasteiger partial charge in [0, 0.05) is 12.5 Å². The van der Waals surface area contributed by atoms with Gasteiger partial charge < -0.3 is 4.74 Å². The van der Waals surface area contributed by atoms with Crippen molar-refractivity contribution in [1.82, 2.24) is 0 Å². The van der Waals surface area contributed by atoms with E-state index in [-0.39, 0.29) is 5.41 Å². The van der Waals surface area contributed by atoms with Crippen molar-refractivity contribution in [2.75, 3.05) is 7.11 Å². The first-order valence-electron chi connectivity index (χ1n) is 13.8. The molecular weight excluding hydrogens is 376 g/mol. The molecule has 3 saturated carbocycles. The van der Waals surface area contributed by atoms with Gasteiger partial charge in [-0.15, -0.1) is 0 Å². The first kappa shape index (κ1) is 23.8. The summed E-state index contributed by atoms with van der Waals surface area (Å²) in [7, 11) is 1.92. The van der Waals surface area contributed by atoms with E-state index in [1.807, 2.05) is 7.11 Å². The monoisotopic (exact) mass is 428 g/mol. The van der Waals surface area contributed by atoms with Gasteiger partial charge in [-0.1, -0.05) is 79.4 Å². The van der Waals surface area contributed by atoms with Gasteiger partial charge in [0.05, 0.1) is 6.10 Å². The number of rotatable bonds is 6. The van der Waals surface area contributed by atoms with Crippen LogP contribution in [0.4, 0.5) is 0 Å². The molecule has 3 fully saturated rings. The van der Waals surface area contributed by atoms with Crippen LogP contribution in [0.1, 0.15) is 113 Å². The number of hydrogen-bond donors (Lipinski definition) is 0. The summed E-state index contributed by atoms with van der Waals surface area (Å²) in [6.07, 6.45) is 17.3. The van der Waals surface area contributed by atoms with Gasteiger partial charge in [-0.25, -0.2) is 0 Å². The zero-order valence-corrected chi connectivity index (χ0v) is 22.1. The first-order chi connectivity index (χ1) is 14.6. The van der Waals surface area contributed by atoms with Crippen molar-refractivity contribution in [1.29, 1.82) is 0 Å². The van der Waals surface area contributed by atoms with Crippen LogP contribution in [0.5, 0.6) is 0 Å². The third kappa shape index (κ3) is 3.77. The van der Waals surface area contributed by atoms with Gasteiger partial charge in [-0.05, 0) is 91.3 Å². The minimum atomic E-state index is 0.191. The summed E-state index contributed by atoms with van der Waals surface area (Å²) in [5.74, 6) is 5.52. The highest BCUT2D eigenvalue weighted by Crippen LogP contribution is 2.69. The molecule has 0 aromatic heterocycles. The predicted octanol–water partition coefficient (Wildman–Crippen LogP) is 8.68. The van der Waals surface area contributed by atoms with E-state index in [0.717, 1.165) is 35.5 Å². The fraction of sp³-hybridized carbons (Fsp3) is 0.933. The molecule has 1 nitrogen and oxygen atoms in total. The van der Waals surface area contributed by atoms with Crippen LogP contribution in [0, 0.1) is 51.8 Å². The van der Waals surface area contributed by atoms with Crippen LogP contribution < -0.4 is 0 Å². The lowest BCUT2D eigenvalue weighted by Gasteiger charge is -2.61. The van der Waals surface area contributed by atoms with E-state index in [0.29, 0.717) is 16.9 Å². The lowest BCUT2D eigenvalue weighted by Crippen LogP contribution is -2.54. The molecule has 0 unspecified atom stereocenters. The van der Waals surface area contributed by atoms with Crippen molar-refractivity contribution in [2.45, 2.75) is 119 Å².